The summed E-state index contributed by atoms with van der Waals surface area (Å²) in [7, 11) is 5.74. The van der Waals surface area contributed by atoms with Gasteiger partial charge < -0.3 is 20.2 Å². The lowest BCUT2D eigenvalue weighted by Gasteiger charge is -2.47. The van der Waals surface area contributed by atoms with Gasteiger partial charge in [-0.15, -0.1) is 0 Å². The average Bonchev–Trinajstić information content (AvgIpc) is 2.97. The van der Waals surface area contributed by atoms with Crippen LogP contribution in [0.25, 0.3) is 0 Å². The maximum atomic E-state index is 12.7. The highest BCUT2D eigenvalue weighted by molar-refractivity contribution is 6.02. The van der Waals surface area contributed by atoms with Crippen LogP contribution in [0.4, 0.5) is 18.0 Å². The molecule has 1 fully saturated rings. The highest BCUT2D eigenvalue weighted by Crippen LogP contribution is 2.39. The molecule has 1 atom stereocenters. The van der Waals surface area contributed by atoms with Gasteiger partial charge >= 0.3 is 12.2 Å². The maximum Gasteiger partial charge on any atom is 0.416 e. The Labute approximate surface area is 253 Å². The minimum atomic E-state index is -4.39. The van der Waals surface area contributed by atoms with Gasteiger partial charge in [-0.05, 0) is 70.1 Å². The van der Waals surface area contributed by atoms with Crippen molar-refractivity contribution in [2.75, 3.05) is 40.8 Å². The molecule has 1 aliphatic rings. The molecule has 0 bridgehead atoms. The molecule has 4 amide bonds. The van der Waals surface area contributed by atoms with E-state index >= 15 is 0 Å². The highest BCUT2D eigenvalue weighted by atomic mass is 19.4. The van der Waals surface area contributed by atoms with Crippen molar-refractivity contribution in [2.24, 2.45) is 5.41 Å². The molecule has 2 N–H and O–H groups in total. The number of aryl methyl sites for hydroxylation is 1. The van der Waals surface area contributed by atoms with Gasteiger partial charge in [0.05, 0.1) is 17.0 Å². The van der Waals surface area contributed by atoms with Gasteiger partial charge in [0.15, 0.2) is 0 Å². The largest absolute Gasteiger partial charge is 0.508 e. The first kappa shape index (κ1) is 37.4. The Kier molecular flexibility index (Phi) is 15.2. The number of nitrogens with zero attached hydrogens (tertiary/aromatic N) is 3. The molecule has 0 aliphatic carbocycles. The minimum absolute atomic E-state index is 0.178. The monoisotopic (exact) mass is 608 g/mol. The van der Waals surface area contributed by atoms with Crippen LogP contribution in [-0.2, 0) is 15.8 Å². The number of hydrogen-bond donors (Lipinski definition) is 2. The average molecular weight is 609 g/mol. The molecule has 43 heavy (non-hydrogen) atoms. The van der Waals surface area contributed by atoms with E-state index in [1.807, 2.05) is 58.8 Å². The van der Waals surface area contributed by atoms with Crippen LogP contribution in [0.3, 0.4) is 0 Å². The fraction of sp³-hybridized carbons (Fsp3) is 0.531. The van der Waals surface area contributed by atoms with E-state index in [9.17, 15) is 27.6 Å². The molecular formula is C32H47F3N4O4. The van der Waals surface area contributed by atoms with Crippen molar-refractivity contribution < 1.29 is 32.7 Å². The van der Waals surface area contributed by atoms with Crippen molar-refractivity contribution in [1.82, 2.24) is 20.0 Å². The van der Waals surface area contributed by atoms with Crippen LogP contribution in [0, 0.1) is 12.3 Å². The molecule has 8 nitrogen and oxygen atoms in total. The van der Waals surface area contributed by atoms with E-state index in [4.69, 9.17) is 5.11 Å². The normalized spacial score (nSPS) is 14.4. The number of amides is 4. The van der Waals surface area contributed by atoms with E-state index < -0.39 is 29.2 Å². The number of carbonyl (C=O) groups is 3. The van der Waals surface area contributed by atoms with Crippen molar-refractivity contribution >= 4 is 18.3 Å². The van der Waals surface area contributed by atoms with Crippen molar-refractivity contribution in [3.8, 4) is 5.75 Å². The molecule has 1 heterocycles. The van der Waals surface area contributed by atoms with E-state index in [-0.39, 0.29) is 5.91 Å². The summed E-state index contributed by atoms with van der Waals surface area (Å²) in [5, 5.41) is 11.6. The maximum absolute atomic E-state index is 12.7. The summed E-state index contributed by atoms with van der Waals surface area (Å²) in [6, 6.07) is 11.0. The van der Waals surface area contributed by atoms with Gasteiger partial charge in [-0.25, -0.2) is 4.79 Å². The molecule has 0 saturated carbocycles. The van der Waals surface area contributed by atoms with Gasteiger partial charge in [0, 0.05) is 26.7 Å². The molecule has 11 heteroatoms. The molecule has 0 radical (unpaired) electrons. The number of halogens is 3. The number of alkyl halides is 3. The number of nitrogens with one attached hydrogen (secondary N) is 1. The summed E-state index contributed by atoms with van der Waals surface area (Å²) in [6.07, 6.45) is -0.869. The van der Waals surface area contributed by atoms with Crippen molar-refractivity contribution in [1.29, 1.82) is 0 Å². The summed E-state index contributed by atoms with van der Waals surface area (Å²) in [5.74, 6) is 0.151. The number of hydrogen-bond acceptors (Lipinski definition) is 5. The number of urea groups is 1. The molecule has 0 aromatic heterocycles. The number of phenolic OH excluding ortho intramolecular Hbond substituents is 1. The molecule has 0 spiro atoms. The van der Waals surface area contributed by atoms with Crippen molar-refractivity contribution in [3.63, 3.8) is 0 Å². The summed E-state index contributed by atoms with van der Waals surface area (Å²) < 4.78 is 38.1. The van der Waals surface area contributed by atoms with Crippen LogP contribution >= 0.6 is 0 Å². The first-order valence-electron chi connectivity index (χ1n) is 14.5. The third kappa shape index (κ3) is 11.9. The van der Waals surface area contributed by atoms with E-state index in [2.05, 4.69) is 5.32 Å². The van der Waals surface area contributed by atoms with E-state index in [1.54, 1.807) is 24.1 Å². The number of likely N-dealkylation sites (tertiary alicyclic amines) is 1. The summed E-state index contributed by atoms with van der Waals surface area (Å²) in [5.41, 5.74) is 0.587. The van der Waals surface area contributed by atoms with Gasteiger partial charge in [0.1, 0.15) is 5.75 Å². The lowest BCUT2D eigenvalue weighted by atomic mass is 9.74. The quantitative estimate of drug-likeness (QED) is 0.246. The van der Waals surface area contributed by atoms with Crippen LogP contribution in [0.5, 0.6) is 5.75 Å². The van der Waals surface area contributed by atoms with Gasteiger partial charge in [-0.2, -0.15) is 13.2 Å². The number of benzene rings is 2. The predicted molar refractivity (Wildman–Crippen MR) is 162 cm³/mol. The number of rotatable bonds is 10. The Balaban J connectivity index is 0.000000441. The Morgan fingerprint density at radius 2 is 1.58 bits per heavy atom. The summed E-state index contributed by atoms with van der Waals surface area (Å²) in [6.45, 7) is 9.89. The van der Waals surface area contributed by atoms with Crippen LogP contribution in [0.2, 0.25) is 0 Å². The minimum Gasteiger partial charge on any atom is -0.508 e. The molecule has 2 aromatic rings. The molecule has 1 aliphatic heterocycles. The number of carbonyl (C=O) groups excluding carboxylic acids is 3. The van der Waals surface area contributed by atoms with Crippen molar-refractivity contribution in [2.45, 2.75) is 65.6 Å². The highest BCUT2D eigenvalue weighted by Gasteiger charge is 2.52. The number of β-lactam (4-membered cyclic amide) rings is 1. The Bertz CT molecular complexity index is 1110. The zero-order valence-electron chi connectivity index (χ0n) is 26.4. The summed E-state index contributed by atoms with van der Waals surface area (Å²) in [4.78, 5) is 39.7. The van der Waals surface area contributed by atoms with Crippen LogP contribution in [0.1, 0.15) is 69.2 Å². The van der Waals surface area contributed by atoms with Crippen LogP contribution in [-0.4, -0.2) is 78.9 Å². The van der Waals surface area contributed by atoms with E-state index in [0.29, 0.717) is 37.1 Å². The fourth-order valence-electron chi connectivity index (χ4n) is 4.27. The lowest BCUT2D eigenvalue weighted by Crippen LogP contribution is -2.65. The molecular weight excluding hydrogens is 561 g/mol. The second-order valence-corrected chi connectivity index (χ2v) is 11.0. The number of imide groups is 1. The second-order valence-electron chi connectivity index (χ2n) is 11.0. The van der Waals surface area contributed by atoms with Crippen molar-refractivity contribution in [3.05, 3.63) is 65.2 Å². The van der Waals surface area contributed by atoms with Crippen LogP contribution in [0.15, 0.2) is 48.5 Å². The second kappa shape index (κ2) is 17.5. The molecule has 2 aromatic carbocycles. The number of phenols is 1. The molecule has 1 saturated heterocycles. The van der Waals surface area contributed by atoms with E-state index in [0.717, 1.165) is 38.1 Å². The van der Waals surface area contributed by atoms with Gasteiger partial charge in [0.25, 0.3) is 0 Å². The Morgan fingerprint density at radius 3 is 1.98 bits per heavy atom. The predicted octanol–water partition coefficient (Wildman–Crippen LogP) is 6.24. The summed E-state index contributed by atoms with van der Waals surface area (Å²) >= 11 is 0. The number of likely N-dealkylation sites (N-methyl/N-ethyl adjacent to an activating group) is 2. The lowest BCUT2D eigenvalue weighted by molar-refractivity contribution is -0.155. The first-order chi connectivity index (χ1) is 20.1. The first-order valence-corrected chi connectivity index (χ1v) is 14.5. The molecule has 3 rings (SSSR count). The SMILES string of the molecule is CCCC(NC(=O)N1CC(CC)(CC)C1=O)c1ccc(C(F)(F)F)cc1.CN(C)CCN(C)C=O.Cc1ccc(O)cc1. The zero-order chi connectivity index (χ0) is 32.8. The van der Waals surface area contributed by atoms with Gasteiger partial charge in [0.2, 0.25) is 12.3 Å². The molecule has 240 valence electrons. The Hall–Kier alpha value is -3.60. The zero-order valence-corrected chi connectivity index (χ0v) is 26.4. The fourth-order valence-corrected chi connectivity index (χ4v) is 4.27. The van der Waals surface area contributed by atoms with Gasteiger partial charge in [-0.3, -0.25) is 14.5 Å². The van der Waals surface area contributed by atoms with Gasteiger partial charge in [-0.1, -0.05) is 57.0 Å². The number of aromatic hydroxyl groups is 1. The van der Waals surface area contributed by atoms with Crippen LogP contribution < -0.4 is 5.32 Å². The standard InChI is InChI=1S/C19H25F3N2O2.C7H8O.C6H14N2O/c1-4-7-15(13-8-10-14(11-9-13)19(20,21)22)23-17(26)24-12-18(5-2,6-3)16(24)25;1-6-2-4-7(8)5-3-6;1-7(2)4-5-8(3)6-9/h8-11,15H,4-7,12H2,1-3H3,(H,23,26);2-5,8H,1H3;6H,4-5H2,1-3H3. The van der Waals surface area contributed by atoms with E-state index in [1.165, 1.54) is 22.6 Å². The third-order valence-electron chi connectivity index (χ3n) is 7.39. The topological polar surface area (TPSA) is 93.2 Å². The Morgan fingerprint density at radius 1 is 1.02 bits per heavy atom. The smallest absolute Gasteiger partial charge is 0.416 e. The molecule has 1 unspecified atom stereocenters. The third-order valence-corrected chi connectivity index (χ3v) is 7.39.